The lowest BCUT2D eigenvalue weighted by Crippen LogP contribution is -2.38. The molecule has 14 heteroatoms. The van der Waals surface area contributed by atoms with Gasteiger partial charge in [-0.3, -0.25) is 0 Å². The Balaban J connectivity index is 1.56. The van der Waals surface area contributed by atoms with Crippen LogP contribution >= 0.6 is 23.2 Å². The highest BCUT2D eigenvalue weighted by molar-refractivity contribution is 6.34. The van der Waals surface area contributed by atoms with Gasteiger partial charge in [-0.15, -0.1) is 13.2 Å². The second-order valence-corrected chi connectivity index (χ2v) is 10.4. The normalized spacial score (nSPS) is 12.0. The van der Waals surface area contributed by atoms with Crippen molar-refractivity contribution >= 4 is 35.3 Å². The molecule has 0 saturated heterocycles. The summed E-state index contributed by atoms with van der Waals surface area (Å²) in [5, 5.41) is 10.3. The molecule has 0 aromatic heterocycles. The maximum Gasteiger partial charge on any atom is 0.573 e. The fraction of sp³-hybridized carbons (Fsp3) is 0.355. The zero-order chi connectivity index (χ0) is 32.8. The second-order valence-electron chi connectivity index (χ2n) is 9.54. The predicted molar refractivity (Wildman–Crippen MR) is 160 cm³/mol. The Kier molecular flexibility index (Phi) is 14.1. The molecule has 1 N–H and O–H groups in total. The lowest BCUT2D eigenvalue weighted by molar-refractivity contribution is -0.274. The van der Waals surface area contributed by atoms with Crippen LogP contribution in [0.1, 0.15) is 24.5 Å². The molecule has 1 unspecified atom stereocenters. The summed E-state index contributed by atoms with van der Waals surface area (Å²) in [5.74, 6) is -0.974. The number of carboxylic acid groups (broad SMARTS) is 1. The Morgan fingerprint density at radius 1 is 0.867 bits per heavy atom. The van der Waals surface area contributed by atoms with E-state index in [4.69, 9.17) is 42.1 Å². The third-order valence-corrected chi connectivity index (χ3v) is 6.48. The minimum Gasteiger partial charge on any atom is -0.492 e. The highest BCUT2D eigenvalue weighted by Gasteiger charge is 2.31. The van der Waals surface area contributed by atoms with Gasteiger partial charge in [-0.2, -0.15) is 0 Å². The third kappa shape index (κ3) is 13.4. The van der Waals surface area contributed by atoms with Crippen molar-refractivity contribution in [2.24, 2.45) is 0 Å². The van der Waals surface area contributed by atoms with E-state index in [9.17, 15) is 27.9 Å². The summed E-state index contributed by atoms with van der Waals surface area (Å²) < 4.78 is 63.3. The molecule has 0 fully saturated rings. The van der Waals surface area contributed by atoms with Gasteiger partial charge in [-0.25, -0.2) is 9.59 Å². The number of carboxylic acids is 1. The number of hydrogen-bond donors (Lipinski definition) is 1. The summed E-state index contributed by atoms with van der Waals surface area (Å²) >= 11 is 12.0. The number of rotatable bonds is 17. The molecule has 9 nitrogen and oxygen atoms in total. The van der Waals surface area contributed by atoms with Gasteiger partial charge in [0.05, 0.1) is 13.2 Å². The Morgan fingerprint density at radius 3 is 2.09 bits per heavy atom. The van der Waals surface area contributed by atoms with E-state index in [0.29, 0.717) is 28.8 Å². The van der Waals surface area contributed by atoms with E-state index in [2.05, 4.69) is 4.74 Å². The minimum absolute atomic E-state index is 0.0248. The number of halogens is 5. The third-order valence-electron chi connectivity index (χ3n) is 6.05. The monoisotopic (exact) mass is 673 g/mol. The molecule has 3 aromatic carbocycles. The number of alkyl halides is 3. The van der Waals surface area contributed by atoms with Crippen LogP contribution < -0.4 is 14.2 Å². The molecule has 1 amide bonds. The second kappa shape index (κ2) is 17.7. The molecule has 0 radical (unpaired) electrons. The SMILES string of the molecule is CCOC(Cc1ccc(OCCN(CCCOCc2cc(Cl)cc(Cl)c2)C(=O)Oc2ccc(OC(F)(F)F)cc2)cc1)C(=O)O. The van der Waals surface area contributed by atoms with Gasteiger partial charge in [0, 0.05) is 36.2 Å². The Hall–Kier alpha value is -3.71. The van der Waals surface area contributed by atoms with Gasteiger partial charge in [0.15, 0.2) is 6.10 Å². The molecule has 244 valence electrons. The molecule has 0 spiro atoms. The minimum atomic E-state index is -4.85. The number of hydrogen-bond acceptors (Lipinski definition) is 7. The van der Waals surface area contributed by atoms with Crippen LogP contribution in [0.2, 0.25) is 10.0 Å². The molecule has 1 atom stereocenters. The average Bonchev–Trinajstić information content (AvgIpc) is 2.96. The Labute approximate surface area is 268 Å². The van der Waals surface area contributed by atoms with E-state index in [1.165, 1.54) is 17.0 Å². The Morgan fingerprint density at radius 2 is 1.49 bits per heavy atom. The summed E-state index contributed by atoms with van der Waals surface area (Å²) in [6.07, 6.45) is -5.92. The number of nitrogens with zero attached hydrogens (tertiary/aromatic N) is 1. The summed E-state index contributed by atoms with van der Waals surface area (Å²) in [5.41, 5.74) is 1.54. The highest BCUT2D eigenvalue weighted by Crippen LogP contribution is 2.25. The first-order valence-electron chi connectivity index (χ1n) is 13.8. The van der Waals surface area contributed by atoms with E-state index in [-0.39, 0.29) is 45.1 Å². The van der Waals surface area contributed by atoms with E-state index in [0.717, 1.165) is 23.3 Å². The van der Waals surface area contributed by atoms with Gasteiger partial charge in [0.2, 0.25) is 0 Å². The lowest BCUT2D eigenvalue weighted by Gasteiger charge is -2.22. The fourth-order valence-corrected chi connectivity index (χ4v) is 4.61. The van der Waals surface area contributed by atoms with Crippen LogP contribution in [0.25, 0.3) is 0 Å². The van der Waals surface area contributed by atoms with E-state index in [1.807, 2.05) is 0 Å². The van der Waals surface area contributed by atoms with Crippen LogP contribution in [0.3, 0.4) is 0 Å². The maximum absolute atomic E-state index is 13.0. The van der Waals surface area contributed by atoms with E-state index < -0.39 is 30.3 Å². The standard InChI is InChI=1S/C31H32Cl2F3NO8/c1-2-42-28(29(38)39)18-21-4-6-25(7-5-21)43-15-13-37(12-3-14-41-20-22-16-23(32)19-24(33)17-22)30(40)44-26-8-10-27(11-9-26)45-31(34,35)36/h4-11,16-17,19,28H,2-3,12-15,18,20H2,1H3,(H,38,39). The number of ether oxygens (including phenoxy) is 5. The number of benzene rings is 3. The van der Waals surface area contributed by atoms with Crippen molar-refractivity contribution in [1.82, 2.24) is 4.90 Å². The van der Waals surface area contributed by atoms with Crippen molar-refractivity contribution < 1.29 is 51.6 Å². The smallest absolute Gasteiger partial charge is 0.492 e. The maximum atomic E-state index is 13.0. The number of carbonyl (C=O) groups excluding carboxylic acids is 1. The van der Waals surface area contributed by atoms with Crippen molar-refractivity contribution in [2.45, 2.75) is 38.8 Å². The molecule has 0 bridgehead atoms. The molecular weight excluding hydrogens is 642 g/mol. The largest absolute Gasteiger partial charge is 0.573 e. The molecule has 0 aliphatic carbocycles. The van der Waals surface area contributed by atoms with E-state index >= 15 is 0 Å². The molecular formula is C31H32Cl2F3NO8. The van der Waals surface area contributed by atoms with Gasteiger partial charge in [-0.1, -0.05) is 35.3 Å². The van der Waals surface area contributed by atoms with Crippen molar-refractivity contribution in [3.8, 4) is 17.2 Å². The van der Waals surface area contributed by atoms with Crippen LogP contribution in [-0.2, 0) is 27.3 Å². The van der Waals surface area contributed by atoms with Gasteiger partial charge in [-0.05, 0) is 79.1 Å². The topological polar surface area (TPSA) is 104 Å². The first-order valence-corrected chi connectivity index (χ1v) is 14.6. The van der Waals surface area contributed by atoms with E-state index in [1.54, 1.807) is 49.4 Å². The highest BCUT2D eigenvalue weighted by atomic mass is 35.5. The molecule has 45 heavy (non-hydrogen) atoms. The summed E-state index contributed by atoms with van der Waals surface area (Å²) in [7, 11) is 0. The van der Waals surface area contributed by atoms with Crippen LogP contribution in [0.15, 0.2) is 66.7 Å². The molecule has 3 aromatic rings. The summed E-state index contributed by atoms with van der Waals surface area (Å²) in [6, 6.07) is 16.4. The molecule has 3 rings (SSSR count). The lowest BCUT2D eigenvalue weighted by atomic mass is 10.1. The summed E-state index contributed by atoms with van der Waals surface area (Å²) in [6.45, 7) is 2.97. The van der Waals surface area contributed by atoms with Crippen LogP contribution in [0.5, 0.6) is 17.2 Å². The van der Waals surface area contributed by atoms with Gasteiger partial charge >= 0.3 is 18.4 Å². The molecule has 0 saturated carbocycles. The number of carbonyl (C=O) groups is 2. The molecule has 0 heterocycles. The first kappa shape index (κ1) is 35.8. The van der Waals surface area contributed by atoms with Gasteiger partial charge in [0.1, 0.15) is 23.9 Å². The zero-order valence-corrected chi connectivity index (χ0v) is 25.7. The van der Waals surface area contributed by atoms with Crippen molar-refractivity contribution in [3.63, 3.8) is 0 Å². The fourth-order valence-electron chi connectivity index (χ4n) is 4.04. The number of aliphatic carboxylic acids is 1. The van der Waals surface area contributed by atoms with Crippen LogP contribution in [0, 0.1) is 0 Å². The predicted octanol–water partition coefficient (Wildman–Crippen LogP) is 7.41. The first-order chi connectivity index (χ1) is 21.4. The number of amides is 1. The van der Waals surface area contributed by atoms with Gasteiger partial charge in [0.25, 0.3) is 0 Å². The average molecular weight is 674 g/mol. The van der Waals surface area contributed by atoms with Crippen molar-refractivity contribution in [2.75, 3.05) is 32.9 Å². The van der Waals surface area contributed by atoms with Gasteiger partial charge < -0.3 is 33.7 Å². The van der Waals surface area contributed by atoms with Crippen LogP contribution in [-0.4, -0.2) is 67.4 Å². The zero-order valence-electron chi connectivity index (χ0n) is 24.2. The van der Waals surface area contributed by atoms with Crippen molar-refractivity contribution in [1.29, 1.82) is 0 Å². The van der Waals surface area contributed by atoms with Crippen molar-refractivity contribution in [3.05, 3.63) is 87.9 Å². The van der Waals surface area contributed by atoms with Crippen LogP contribution in [0.4, 0.5) is 18.0 Å². The Bertz CT molecular complexity index is 1350. The molecule has 0 aliphatic heterocycles. The molecule has 0 aliphatic rings. The quantitative estimate of drug-likeness (QED) is 0.148. The summed E-state index contributed by atoms with van der Waals surface area (Å²) in [4.78, 5) is 25.7.